The van der Waals surface area contributed by atoms with Gasteiger partial charge in [0.15, 0.2) is 5.82 Å². The summed E-state index contributed by atoms with van der Waals surface area (Å²) >= 11 is 0. The highest BCUT2D eigenvalue weighted by Crippen LogP contribution is 2.64. The smallest absolute Gasteiger partial charge is 0.342 e. The maximum Gasteiger partial charge on any atom is 0.342 e. The van der Waals surface area contributed by atoms with Crippen molar-refractivity contribution >= 4 is 5.97 Å². The van der Waals surface area contributed by atoms with Crippen molar-refractivity contribution in [3.63, 3.8) is 0 Å². The predicted molar refractivity (Wildman–Crippen MR) is 163 cm³/mol. The molecule has 4 aromatic rings. The fraction of sp³-hybridized carbons (Fsp3) is 0.400. The van der Waals surface area contributed by atoms with Crippen molar-refractivity contribution in [1.82, 2.24) is 19.7 Å². The Kier molecular flexibility index (Phi) is 6.50. The summed E-state index contributed by atoms with van der Waals surface area (Å²) in [4.78, 5) is 19.1. The summed E-state index contributed by atoms with van der Waals surface area (Å²) < 4.78 is 19.4. The van der Waals surface area contributed by atoms with E-state index in [1.54, 1.807) is 6.07 Å². The minimum Gasteiger partial charge on any atom is -0.488 e. The molecule has 2 saturated carbocycles. The van der Waals surface area contributed by atoms with Gasteiger partial charge in [-0.15, -0.1) is 0 Å². The molecule has 4 heterocycles. The van der Waals surface area contributed by atoms with E-state index >= 15 is 0 Å². The Morgan fingerprint density at radius 3 is 2.80 bits per heavy atom. The molecule has 9 heteroatoms. The van der Waals surface area contributed by atoms with Crippen LogP contribution in [0.15, 0.2) is 60.8 Å². The first-order valence-electron chi connectivity index (χ1n) is 15.5. The lowest BCUT2D eigenvalue weighted by Crippen LogP contribution is -2.63. The van der Waals surface area contributed by atoms with Gasteiger partial charge in [0.2, 0.25) is 5.88 Å². The number of carboxylic acid groups (broad SMARTS) is 1. The Morgan fingerprint density at radius 1 is 1.14 bits per heavy atom. The Hall–Kier alpha value is -4.21. The molecular weight excluding hydrogens is 556 g/mol. The number of carbonyl (C=O) groups is 1. The topological polar surface area (TPSA) is 98.9 Å². The number of para-hydroxylation sites is 1. The molecule has 2 aromatic carbocycles. The molecule has 8 rings (SSSR count). The lowest BCUT2D eigenvalue weighted by Gasteiger charge is -2.60. The van der Waals surface area contributed by atoms with Crippen LogP contribution >= 0.6 is 0 Å². The Balaban J connectivity index is 0.989. The molecule has 0 bridgehead atoms. The van der Waals surface area contributed by atoms with Crippen LogP contribution in [0, 0.1) is 12.3 Å². The highest BCUT2D eigenvalue weighted by atomic mass is 16.5. The van der Waals surface area contributed by atoms with E-state index in [1.165, 1.54) is 54.8 Å². The van der Waals surface area contributed by atoms with Gasteiger partial charge in [-0.25, -0.2) is 9.78 Å². The van der Waals surface area contributed by atoms with E-state index in [0.29, 0.717) is 41.8 Å². The maximum absolute atomic E-state index is 11.6. The van der Waals surface area contributed by atoms with Crippen molar-refractivity contribution in [2.75, 3.05) is 13.7 Å². The van der Waals surface area contributed by atoms with Gasteiger partial charge in [0, 0.05) is 30.1 Å². The Labute approximate surface area is 256 Å². The molecule has 226 valence electrons. The number of nitrogens with zero attached hydrogens (tertiary/aromatic N) is 4. The molecule has 4 atom stereocenters. The van der Waals surface area contributed by atoms with Crippen molar-refractivity contribution in [3.8, 4) is 28.7 Å². The van der Waals surface area contributed by atoms with E-state index in [2.05, 4.69) is 28.2 Å². The lowest BCUT2D eigenvalue weighted by molar-refractivity contribution is -0.289. The molecular formula is C35H36N4O5. The van der Waals surface area contributed by atoms with E-state index in [9.17, 15) is 9.90 Å². The summed E-state index contributed by atoms with van der Waals surface area (Å²) in [5.74, 6) is 0.231. The largest absolute Gasteiger partial charge is 0.488 e. The number of fused-ring (bicyclic) bond motifs is 1. The van der Waals surface area contributed by atoms with Crippen LogP contribution in [0.5, 0.6) is 11.6 Å². The van der Waals surface area contributed by atoms with Crippen molar-refractivity contribution < 1.29 is 24.1 Å². The molecule has 9 nitrogen and oxygen atoms in total. The number of aryl methyl sites for hydroxylation is 1. The van der Waals surface area contributed by atoms with E-state index in [1.807, 2.05) is 37.3 Å². The first-order valence-corrected chi connectivity index (χ1v) is 15.5. The van der Waals surface area contributed by atoms with Crippen molar-refractivity contribution in [1.29, 1.82) is 0 Å². The molecule has 1 N–H and O–H groups in total. The quantitative estimate of drug-likeness (QED) is 0.283. The van der Waals surface area contributed by atoms with Crippen LogP contribution in [-0.2, 0) is 24.3 Å². The predicted octanol–water partition coefficient (Wildman–Crippen LogP) is 5.60. The zero-order chi connectivity index (χ0) is 30.0. The van der Waals surface area contributed by atoms with Gasteiger partial charge in [0.1, 0.15) is 17.9 Å². The normalized spacial score (nSPS) is 25.3. The van der Waals surface area contributed by atoms with Gasteiger partial charge in [-0.05, 0) is 79.5 Å². The number of hydrogen-bond donors (Lipinski definition) is 1. The number of rotatable bonds is 8. The van der Waals surface area contributed by atoms with E-state index in [-0.39, 0.29) is 11.4 Å². The number of benzene rings is 2. The highest BCUT2D eigenvalue weighted by Gasteiger charge is 2.66. The second-order valence-electron chi connectivity index (χ2n) is 12.7. The monoisotopic (exact) mass is 592 g/mol. The van der Waals surface area contributed by atoms with Gasteiger partial charge in [-0.2, -0.15) is 9.78 Å². The zero-order valence-electron chi connectivity index (χ0n) is 25.0. The van der Waals surface area contributed by atoms with Crippen molar-refractivity contribution in [2.24, 2.45) is 5.41 Å². The summed E-state index contributed by atoms with van der Waals surface area (Å²) in [6.45, 7) is 4.61. The number of aromatic nitrogens is 3. The fourth-order valence-electron chi connectivity index (χ4n) is 7.93. The number of carboxylic acids is 1. The van der Waals surface area contributed by atoms with Gasteiger partial charge in [-0.3, -0.25) is 4.90 Å². The van der Waals surface area contributed by atoms with Crippen LogP contribution in [0.3, 0.4) is 0 Å². The average Bonchev–Trinajstić information content (AvgIpc) is 3.64. The third-order valence-corrected chi connectivity index (χ3v) is 10.4. The second-order valence-corrected chi connectivity index (χ2v) is 12.7. The van der Waals surface area contributed by atoms with Crippen molar-refractivity contribution in [3.05, 3.63) is 88.6 Å². The molecule has 2 aromatic heterocycles. The molecule has 2 aliphatic heterocycles. The molecule has 2 aliphatic carbocycles. The summed E-state index contributed by atoms with van der Waals surface area (Å²) in [6.07, 6.45) is 8.54. The number of hydrogen-bond acceptors (Lipinski definition) is 7. The molecule has 4 unspecified atom stereocenters. The molecule has 1 saturated heterocycles. The first-order chi connectivity index (χ1) is 21.4. The van der Waals surface area contributed by atoms with Crippen LogP contribution < -0.4 is 9.47 Å². The van der Waals surface area contributed by atoms with E-state index < -0.39 is 5.97 Å². The first kappa shape index (κ1) is 27.3. The number of pyridine rings is 1. The Bertz CT molecular complexity index is 1770. The van der Waals surface area contributed by atoms with Crippen LogP contribution in [0.25, 0.3) is 17.1 Å². The standard InChI is InChI=1S/C35H36N4O5/c1-21-5-3-6-26(28-7-4-8-31(37-28)39-33(42-2)27(18-36-39)34(40)41)32(21)43-20-22-9-10-24-19-38(14-12-23(24)15-22)25-16-30-35(17-25)13-11-29(35)44-30/h3-10,15,18,25,29-30H,11-14,16-17,19-20H2,1-2H3,(H,40,41). The van der Waals surface area contributed by atoms with E-state index in [4.69, 9.17) is 19.2 Å². The highest BCUT2D eigenvalue weighted by molar-refractivity contribution is 5.90. The molecule has 3 fully saturated rings. The second kappa shape index (κ2) is 10.5. The molecule has 4 aliphatic rings. The molecule has 44 heavy (non-hydrogen) atoms. The third-order valence-electron chi connectivity index (χ3n) is 10.4. The summed E-state index contributed by atoms with van der Waals surface area (Å²) in [7, 11) is 1.42. The van der Waals surface area contributed by atoms with Crippen LogP contribution in [0.1, 0.15) is 58.3 Å². The summed E-state index contributed by atoms with van der Waals surface area (Å²) in [5, 5.41) is 13.7. The maximum atomic E-state index is 11.6. The number of aromatic carboxylic acids is 1. The fourth-order valence-corrected chi connectivity index (χ4v) is 7.93. The van der Waals surface area contributed by atoms with E-state index in [0.717, 1.165) is 42.0 Å². The average molecular weight is 593 g/mol. The molecule has 1 spiro atoms. The summed E-state index contributed by atoms with van der Waals surface area (Å²) in [6, 6.07) is 19.0. The minimum atomic E-state index is -1.11. The van der Waals surface area contributed by atoms with Crippen LogP contribution in [0.4, 0.5) is 0 Å². The lowest BCUT2D eigenvalue weighted by atomic mass is 9.59. The van der Waals surface area contributed by atoms with Crippen molar-refractivity contribution in [2.45, 2.75) is 70.4 Å². The van der Waals surface area contributed by atoms with Gasteiger partial charge in [0.05, 0.1) is 31.2 Å². The van der Waals surface area contributed by atoms with Crippen LogP contribution in [0.2, 0.25) is 0 Å². The van der Waals surface area contributed by atoms with Crippen LogP contribution in [-0.4, -0.2) is 62.6 Å². The number of methoxy groups -OCH3 is 1. The molecule has 0 radical (unpaired) electrons. The zero-order valence-corrected chi connectivity index (χ0v) is 25.0. The third kappa shape index (κ3) is 4.32. The minimum absolute atomic E-state index is 0.0244. The number of ether oxygens (including phenoxy) is 3. The van der Waals surface area contributed by atoms with Gasteiger partial charge >= 0.3 is 5.97 Å². The molecule has 0 amide bonds. The Morgan fingerprint density at radius 2 is 2.02 bits per heavy atom. The summed E-state index contributed by atoms with van der Waals surface area (Å²) in [5.41, 5.74) is 7.06. The van der Waals surface area contributed by atoms with Gasteiger partial charge in [0.25, 0.3) is 0 Å². The van der Waals surface area contributed by atoms with Gasteiger partial charge < -0.3 is 19.3 Å². The SMILES string of the molecule is COc1c(C(=O)O)cnn1-c1cccc(-c2cccc(C)c2OCc2ccc3c(c2)CCN(C2CC4OC5CCC54C2)C3)n1. The van der Waals surface area contributed by atoms with Gasteiger partial charge in [-0.1, -0.05) is 36.4 Å².